The second kappa shape index (κ2) is 2.99. The zero-order valence-electron chi connectivity index (χ0n) is 7.58. The van der Waals surface area contributed by atoms with Crippen molar-refractivity contribution in [1.82, 2.24) is 19.6 Å². The van der Waals surface area contributed by atoms with Gasteiger partial charge in [0.15, 0.2) is 5.82 Å². The fraction of sp³-hybridized carbons (Fsp3) is 0.125. The number of nitrogen functional groups attached to an aromatic ring is 1. The van der Waals surface area contributed by atoms with Crippen molar-refractivity contribution in [2.45, 2.75) is 0 Å². The van der Waals surface area contributed by atoms with Crippen LogP contribution in [0.25, 0.3) is 5.82 Å². The molecule has 0 bridgehead atoms. The predicted octanol–water partition coefficient (Wildman–Crippen LogP) is -0.452. The van der Waals surface area contributed by atoms with E-state index in [-0.39, 0.29) is 11.2 Å². The first-order valence-electron chi connectivity index (χ1n) is 4.02. The van der Waals surface area contributed by atoms with Crippen LogP contribution in [0.15, 0.2) is 29.3 Å². The van der Waals surface area contributed by atoms with Crippen molar-refractivity contribution in [3.05, 3.63) is 34.9 Å². The van der Waals surface area contributed by atoms with Crippen molar-refractivity contribution >= 4 is 5.69 Å². The summed E-state index contributed by atoms with van der Waals surface area (Å²) >= 11 is 0. The fourth-order valence-corrected chi connectivity index (χ4v) is 1.14. The zero-order chi connectivity index (χ0) is 10.1. The van der Waals surface area contributed by atoms with Crippen LogP contribution in [0.5, 0.6) is 0 Å². The summed E-state index contributed by atoms with van der Waals surface area (Å²) in [5, 5.41) is 7.86. The largest absolute Gasteiger partial charge is 0.394 e. The lowest BCUT2D eigenvalue weighted by molar-refractivity contribution is 0.648. The van der Waals surface area contributed by atoms with Gasteiger partial charge in [0.1, 0.15) is 0 Å². The van der Waals surface area contributed by atoms with Gasteiger partial charge in [-0.25, -0.2) is 0 Å². The monoisotopic (exact) mass is 191 g/mol. The van der Waals surface area contributed by atoms with Gasteiger partial charge >= 0.3 is 0 Å². The molecule has 72 valence electrons. The number of hydrogen-bond acceptors (Lipinski definition) is 4. The molecule has 0 radical (unpaired) electrons. The molecule has 0 atom stereocenters. The number of pyridine rings is 1. The number of rotatable bonds is 1. The number of nitrogens with two attached hydrogens (primary N) is 1. The molecule has 0 aromatic carbocycles. The average Bonchev–Trinajstić information content (AvgIpc) is 2.57. The van der Waals surface area contributed by atoms with Crippen molar-refractivity contribution in [2.75, 3.05) is 5.73 Å². The van der Waals surface area contributed by atoms with E-state index < -0.39 is 0 Å². The third kappa shape index (κ3) is 1.26. The maximum absolute atomic E-state index is 11.5. The van der Waals surface area contributed by atoms with Gasteiger partial charge in [-0.15, -0.1) is 5.10 Å². The summed E-state index contributed by atoms with van der Waals surface area (Å²) in [6.07, 6.45) is 3.10. The van der Waals surface area contributed by atoms with Crippen LogP contribution in [0.2, 0.25) is 0 Å². The maximum atomic E-state index is 11.5. The van der Waals surface area contributed by atoms with E-state index in [1.807, 2.05) is 0 Å². The molecule has 2 aromatic rings. The Balaban J connectivity index is 2.63. The Labute approximate surface area is 79.6 Å². The molecule has 14 heavy (non-hydrogen) atoms. The molecular formula is C8H9N5O. The number of hydrogen-bond donors (Lipinski definition) is 1. The second-order valence-corrected chi connectivity index (χ2v) is 2.83. The Morgan fingerprint density at radius 2 is 2.29 bits per heavy atom. The molecule has 6 nitrogen and oxygen atoms in total. The first kappa shape index (κ1) is 8.49. The van der Waals surface area contributed by atoms with Crippen molar-refractivity contribution in [1.29, 1.82) is 0 Å². The van der Waals surface area contributed by atoms with Gasteiger partial charge in [0, 0.05) is 13.2 Å². The molecule has 0 aliphatic carbocycles. The van der Waals surface area contributed by atoms with E-state index in [2.05, 4.69) is 10.2 Å². The highest BCUT2D eigenvalue weighted by atomic mass is 16.1. The highest BCUT2D eigenvalue weighted by Crippen LogP contribution is 1.99. The van der Waals surface area contributed by atoms with E-state index in [1.54, 1.807) is 25.4 Å². The molecule has 6 heteroatoms. The Kier molecular flexibility index (Phi) is 1.81. The third-order valence-electron chi connectivity index (χ3n) is 1.81. The lowest BCUT2D eigenvalue weighted by Crippen LogP contribution is -2.20. The molecule has 2 heterocycles. The van der Waals surface area contributed by atoms with Crippen molar-refractivity contribution in [3.8, 4) is 5.82 Å². The average molecular weight is 191 g/mol. The van der Waals surface area contributed by atoms with Gasteiger partial charge < -0.3 is 5.73 Å². The quantitative estimate of drug-likeness (QED) is 0.662. The lowest BCUT2D eigenvalue weighted by atomic mass is 10.4. The predicted molar refractivity (Wildman–Crippen MR) is 51.0 cm³/mol. The molecule has 0 fully saturated rings. The molecule has 2 aromatic heterocycles. The Morgan fingerprint density at radius 3 is 2.93 bits per heavy atom. The Bertz CT molecular complexity index is 512. The first-order valence-corrected chi connectivity index (χ1v) is 4.02. The van der Waals surface area contributed by atoms with Gasteiger partial charge in [-0.2, -0.15) is 9.90 Å². The fourth-order valence-electron chi connectivity index (χ4n) is 1.14. The van der Waals surface area contributed by atoms with Crippen molar-refractivity contribution < 1.29 is 0 Å². The standard InChI is InChI=1S/C8H9N5O/c1-12-10-5-7(11-12)13-4-2-3-6(9)8(13)14/h2-5H,9H2,1H3. The van der Waals surface area contributed by atoms with Gasteiger partial charge in [-0.1, -0.05) is 0 Å². The van der Waals surface area contributed by atoms with E-state index in [0.717, 1.165) is 0 Å². The van der Waals surface area contributed by atoms with Crippen molar-refractivity contribution in [2.24, 2.45) is 7.05 Å². The van der Waals surface area contributed by atoms with Crippen LogP contribution in [0.4, 0.5) is 5.69 Å². The van der Waals surface area contributed by atoms with E-state index in [4.69, 9.17) is 5.73 Å². The second-order valence-electron chi connectivity index (χ2n) is 2.83. The highest BCUT2D eigenvalue weighted by molar-refractivity contribution is 5.36. The Morgan fingerprint density at radius 1 is 1.50 bits per heavy atom. The van der Waals surface area contributed by atoms with Gasteiger partial charge in [0.05, 0.1) is 11.9 Å². The summed E-state index contributed by atoms with van der Waals surface area (Å²) < 4.78 is 1.35. The van der Waals surface area contributed by atoms with E-state index >= 15 is 0 Å². The summed E-state index contributed by atoms with van der Waals surface area (Å²) in [5.41, 5.74) is 5.38. The summed E-state index contributed by atoms with van der Waals surface area (Å²) in [5.74, 6) is 0.463. The number of nitrogens with zero attached hydrogens (tertiary/aromatic N) is 4. The van der Waals surface area contributed by atoms with Gasteiger partial charge in [0.25, 0.3) is 5.56 Å². The zero-order valence-corrected chi connectivity index (χ0v) is 7.58. The maximum Gasteiger partial charge on any atom is 0.279 e. The molecule has 0 aliphatic rings. The van der Waals surface area contributed by atoms with Crippen LogP contribution in [0.1, 0.15) is 0 Å². The molecule has 0 aliphatic heterocycles. The molecule has 0 unspecified atom stereocenters. The van der Waals surface area contributed by atoms with E-state index in [1.165, 1.54) is 15.6 Å². The normalized spacial score (nSPS) is 10.4. The SMILES string of the molecule is Cn1ncc(-n2cccc(N)c2=O)n1. The lowest BCUT2D eigenvalue weighted by Gasteiger charge is -2.00. The minimum Gasteiger partial charge on any atom is -0.394 e. The first-order chi connectivity index (χ1) is 6.68. The summed E-state index contributed by atoms with van der Waals surface area (Å²) in [6.45, 7) is 0. The van der Waals surface area contributed by atoms with Crippen molar-refractivity contribution in [3.63, 3.8) is 0 Å². The number of aryl methyl sites for hydroxylation is 1. The minimum atomic E-state index is -0.284. The number of anilines is 1. The molecule has 0 amide bonds. The van der Waals surface area contributed by atoms with Crippen LogP contribution < -0.4 is 11.3 Å². The summed E-state index contributed by atoms with van der Waals surface area (Å²) in [6, 6.07) is 3.24. The van der Waals surface area contributed by atoms with E-state index in [0.29, 0.717) is 5.82 Å². The van der Waals surface area contributed by atoms with Crippen LogP contribution in [0, 0.1) is 0 Å². The summed E-state index contributed by atoms with van der Waals surface area (Å²) in [4.78, 5) is 12.9. The van der Waals surface area contributed by atoms with Crippen LogP contribution in [0.3, 0.4) is 0 Å². The number of aromatic nitrogens is 4. The molecule has 2 N–H and O–H groups in total. The molecule has 0 saturated carbocycles. The minimum absolute atomic E-state index is 0.193. The molecular weight excluding hydrogens is 182 g/mol. The topological polar surface area (TPSA) is 78.7 Å². The van der Waals surface area contributed by atoms with Crippen LogP contribution in [-0.4, -0.2) is 19.6 Å². The third-order valence-corrected chi connectivity index (χ3v) is 1.81. The van der Waals surface area contributed by atoms with Crippen LogP contribution >= 0.6 is 0 Å². The molecule has 0 spiro atoms. The smallest absolute Gasteiger partial charge is 0.279 e. The Hall–Kier alpha value is -2.11. The van der Waals surface area contributed by atoms with Gasteiger partial charge in [0.2, 0.25) is 0 Å². The summed E-state index contributed by atoms with van der Waals surface area (Å²) in [7, 11) is 1.68. The van der Waals surface area contributed by atoms with Crippen LogP contribution in [-0.2, 0) is 7.05 Å². The highest BCUT2D eigenvalue weighted by Gasteiger charge is 2.04. The van der Waals surface area contributed by atoms with E-state index in [9.17, 15) is 4.79 Å². The van der Waals surface area contributed by atoms with Gasteiger partial charge in [-0.05, 0) is 12.1 Å². The molecule has 2 rings (SSSR count). The molecule has 0 saturated heterocycles. The van der Waals surface area contributed by atoms with Gasteiger partial charge in [-0.3, -0.25) is 9.36 Å².